The Kier molecular flexibility index (Phi) is 6.50. The highest BCUT2D eigenvalue weighted by atomic mass is 35.5. The van der Waals surface area contributed by atoms with Gasteiger partial charge in [-0.25, -0.2) is 8.42 Å². The van der Waals surface area contributed by atoms with Gasteiger partial charge in [0.15, 0.2) is 0 Å². The lowest BCUT2D eigenvalue weighted by Gasteiger charge is -2.31. The van der Waals surface area contributed by atoms with Gasteiger partial charge in [0, 0.05) is 17.6 Å². The lowest BCUT2D eigenvalue weighted by molar-refractivity contribution is 0.277. The van der Waals surface area contributed by atoms with Crippen LogP contribution in [0.5, 0.6) is 0 Å². The standard InChI is InChI=1S/C15H25ClN2O2S/c1-5-13(6-2)18(10-11(3)4)21(19,20)15-9-12(16)7-8-14(15)17/h7-9,11,13H,5-6,10,17H2,1-4H3. The zero-order chi connectivity index (χ0) is 16.2. The average Bonchev–Trinajstić information content (AvgIpc) is 2.41. The number of sulfonamides is 1. The Morgan fingerprint density at radius 1 is 1.24 bits per heavy atom. The number of hydrogen-bond acceptors (Lipinski definition) is 3. The zero-order valence-electron chi connectivity index (χ0n) is 13.1. The highest BCUT2D eigenvalue weighted by Gasteiger charge is 2.31. The third kappa shape index (κ3) is 4.34. The van der Waals surface area contributed by atoms with E-state index in [1.807, 2.05) is 27.7 Å². The average molecular weight is 333 g/mol. The number of nitrogen functional groups attached to an aromatic ring is 1. The molecule has 0 amide bonds. The molecule has 4 nitrogen and oxygen atoms in total. The third-order valence-electron chi connectivity index (χ3n) is 3.46. The molecule has 0 unspecified atom stereocenters. The van der Waals surface area contributed by atoms with E-state index >= 15 is 0 Å². The number of anilines is 1. The largest absolute Gasteiger partial charge is 0.398 e. The van der Waals surface area contributed by atoms with Crippen molar-refractivity contribution in [3.63, 3.8) is 0 Å². The molecule has 0 bridgehead atoms. The molecular weight excluding hydrogens is 308 g/mol. The smallest absolute Gasteiger partial charge is 0.245 e. The molecule has 1 rings (SSSR count). The van der Waals surface area contributed by atoms with Crippen LogP contribution in [0.15, 0.2) is 23.1 Å². The Hall–Kier alpha value is -0.780. The molecule has 0 saturated heterocycles. The Bertz CT molecular complexity index is 569. The predicted molar refractivity (Wildman–Crippen MR) is 89.0 cm³/mol. The molecule has 21 heavy (non-hydrogen) atoms. The Morgan fingerprint density at radius 2 is 1.81 bits per heavy atom. The van der Waals surface area contributed by atoms with Crippen molar-refractivity contribution in [2.24, 2.45) is 5.92 Å². The van der Waals surface area contributed by atoms with Crippen LogP contribution in [-0.4, -0.2) is 25.3 Å². The second-order valence-corrected chi connectivity index (χ2v) is 7.92. The molecule has 0 saturated carbocycles. The molecular formula is C15H25ClN2O2S. The highest BCUT2D eigenvalue weighted by Crippen LogP contribution is 2.29. The van der Waals surface area contributed by atoms with Crippen molar-refractivity contribution in [2.75, 3.05) is 12.3 Å². The van der Waals surface area contributed by atoms with Crippen LogP contribution in [0.25, 0.3) is 0 Å². The number of benzene rings is 1. The van der Waals surface area contributed by atoms with E-state index in [4.69, 9.17) is 17.3 Å². The van der Waals surface area contributed by atoms with Crippen molar-refractivity contribution in [1.82, 2.24) is 4.31 Å². The molecule has 0 radical (unpaired) electrons. The molecule has 0 aliphatic rings. The summed E-state index contributed by atoms with van der Waals surface area (Å²) < 4.78 is 27.5. The van der Waals surface area contributed by atoms with Gasteiger partial charge in [-0.1, -0.05) is 39.3 Å². The molecule has 0 heterocycles. The van der Waals surface area contributed by atoms with E-state index in [0.717, 1.165) is 12.8 Å². The fourth-order valence-electron chi connectivity index (χ4n) is 2.36. The fourth-order valence-corrected chi connectivity index (χ4v) is 4.67. The summed E-state index contributed by atoms with van der Waals surface area (Å²) in [4.78, 5) is 0.0996. The van der Waals surface area contributed by atoms with Crippen molar-refractivity contribution in [3.05, 3.63) is 23.2 Å². The van der Waals surface area contributed by atoms with Crippen LogP contribution in [0.2, 0.25) is 5.02 Å². The number of nitrogens with two attached hydrogens (primary N) is 1. The van der Waals surface area contributed by atoms with Gasteiger partial charge in [0.25, 0.3) is 0 Å². The van der Waals surface area contributed by atoms with E-state index < -0.39 is 10.0 Å². The summed E-state index contributed by atoms with van der Waals surface area (Å²) in [6.45, 7) is 8.48. The first-order valence-electron chi connectivity index (χ1n) is 7.30. The number of rotatable bonds is 7. The number of halogens is 1. The summed E-state index contributed by atoms with van der Waals surface area (Å²) in [7, 11) is -3.65. The van der Waals surface area contributed by atoms with Gasteiger partial charge < -0.3 is 5.73 Å². The first-order chi connectivity index (χ1) is 9.73. The van der Waals surface area contributed by atoms with Crippen LogP contribution in [0.1, 0.15) is 40.5 Å². The third-order valence-corrected chi connectivity index (χ3v) is 5.67. The molecule has 0 aliphatic heterocycles. The quantitative estimate of drug-likeness (QED) is 0.773. The summed E-state index contributed by atoms with van der Waals surface area (Å²) in [5.74, 6) is 0.237. The first-order valence-corrected chi connectivity index (χ1v) is 9.12. The van der Waals surface area contributed by atoms with Crippen molar-refractivity contribution in [1.29, 1.82) is 0 Å². The molecule has 0 aromatic heterocycles. The summed E-state index contributed by atoms with van der Waals surface area (Å²) in [6, 6.07) is 4.54. The molecule has 6 heteroatoms. The van der Waals surface area contributed by atoms with Gasteiger partial charge in [0.1, 0.15) is 4.90 Å². The summed E-state index contributed by atoms with van der Waals surface area (Å²) in [6.07, 6.45) is 1.53. The van der Waals surface area contributed by atoms with Gasteiger partial charge in [0.2, 0.25) is 10.0 Å². The lowest BCUT2D eigenvalue weighted by atomic mass is 10.1. The molecule has 1 aromatic rings. The minimum absolute atomic E-state index is 0.0317. The van der Waals surface area contributed by atoms with Crippen LogP contribution < -0.4 is 5.73 Å². The minimum atomic E-state index is -3.65. The van der Waals surface area contributed by atoms with E-state index in [9.17, 15) is 8.42 Å². The normalized spacial score (nSPS) is 12.6. The van der Waals surface area contributed by atoms with Crippen molar-refractivity contribution < 1.29 is 8.42 Å². The minimum Gasteiger partial charge on any atom is -0.398 e. The highest BCUT2D eigenvalue weighted by molar-refractivity contribution is 7.89. The van der Waals surface area contributed by atoms with Crippen molar-refractivity contribution >= 4 is 27.3 Å². The summed E-state index contributed by atoms with van der Waals surface area (Å²) in [5.41, 5.74) is 6.10. The maximum atomic E-state index is 13.0. The fraction of sp³-hybridized carbons (Fsp3) is 0.600. The van der Waals surface area contributed by atoms with E-state index in [2.05, 4.69) is 0 Å². The van der Waals surface area contributed by atoms with Gasteiger partial charge in [-0.3, -0.25) is 0 Å². The SMILES string of the molecule is CCC(CC)N(CC(C)C)S(=O)(=O)c1cc(Cl)ccc1N. The lowest BCUT2D eigenvalue weighted by Crippen LogP contribution is -2.42. The number of hydrogen-bond donors (Lipinski definition) is 1. The Morgan fingerprint density at radius 3 is 2.29 bits per heavy atom. The molecule has 2 N–H and O–H groups in total. The van der Waals surface area contributed by atoms with Gasteiger partial charge in [0.05, 0.1) is 5.69 Å². The van der Waals surface area contributed by atoms with Crippen LogP contribution in [-0.2, 0) is 10.0 Å². The zero-order valence-corrected chi connectivity index (χ0v) is 14.7. The van der Waals surface area contributed by atoms with Crippen molar-refractivity contribution in [2.45, 2.75) is 51.5 Å². The van der Waals surface area contributed by atoms with Gasteiger partial charge >= 0.3 is 0 Å². The molecule has 120 valence electrons. The van der Waals surface area contributed by atoms with E-state index in [-0.39, 0.29) is 22.5 Å². The monoisotopic (exact) mass is 332 g/mol. The summed E-state index contributed by atoms with van der Waals surface area (Å²) >= 11 is 5.94. The van der Waals surface area contributed by atoms with Crippen LogP contribution in [0, 0.1) is 5.92 Å². The molecule has 0 aliphatic carbocycles. The topological polar surface area (TPSA) is 63.4 Å². The summed E-state index contributed by atoms with van der Waals surface area (Å²) in [5, 5.41) is 0.372. The maximum Gasteiger partial charge on any atom is 0.245 e. The second-order valence-electron chi connectivity index (χ2n) is 5.62. The Balaban J connectivity index is 3.35. The van der Waals surface area contributed by atoms with Gasteiger partial charge in [-0.2, -0.15) is 4.31 Å². The van der Waals surface area contributed by atoms with Crippen LogP contribution >= 0.6 is 11.6 Å². The van der Waals surface area contributed by atoms with Crippen molar-refractivity contribution in [3.8, 4) is 0 Å². The Labute approximate surface area is 133 Å². The van der Waals surface area contributed by atoms with Gasteiger partial charge in [-0.05, 0) is 37.0 Å². The maximum absolute atomic E-state index is 13.0. The first kappa shape index (κ1) is 18.3. The van der Waals surface area contributed by atoms with E-state index in [1.165, 1.54) is 12.1 Å². The molecule has 0 spiro atoms. The second kappa shape index (κ2) is 7.47. The molecule has 0 fully saturated rings. The van der Waals surface area contributed by atoms with E-state index in [0.29, 0.717) is 11.6 Å². The molecule has 0 atom stereocenters. The van der Waals surface area contributed by atoms with Gasteiger partial charge in [-0.15, -0.1) is 0 Å². The predicted octanol–water partition coefficient (Wildman–Crippen LogP) is 3.76. The van der Waals surface area contributed by atoms with E-state index in [1.54, 1.807) is 10.4 Å². The van der Waals surface area contributed by atoms with Crippen LogP contribution in [0.4, 0.5) is 5.69 Å². The number of nitrogens with zero attached hydrogens (tertiary/aromatic N) is 1. The van der Waals surface area contributed by atoms with Crippen LogP contribution in [0.3, 0.4) is 0 Å². The molecule has 1 aromatic carbocycles.